The van der Waals surface area contributed by atoms with Crippen molar-refractivity contribution >= 4 is 10.4 Å². The average molecular weight is 437 g/mol. The van der Waals surface area contributed by atoms with Crippen molar-refractivity contribution in [1.82, 2.24) is 0 Å². The van der Waals surface area contributed by atoms with Crippen molar-refractivity contribution in [2.75, 3.05) is 6.61 Å². The Kier molecular flexibility index (Phi) is 30.8. The van der Waals surface area contributed by atoms with Crippen LogP contribution < -0.4 is 29.6 Å². The minimum atomic E-state index is -4.67. The summed E-state index contributed by atoms with van der Waals surface area (Å²) in [6.07, 6.45) is 21.0. The van der Waals surface area contributed by atoms with Crippen LogP contribution in [0, 0.1) is 0 Å². The van der Waals surface area contributed by atoms with Crippen LogP contribution in [-0.2, 0) is 15.1 Å². The average Bonchev–Trinajstić information content (AvgIpc) is 2.57. The Balaban J connectivity index is -0.000000396. The molecule has 0 aromatic heterocycles. The van der Waals surface area contributed by atoms with E-state index >= 15 is 0 Å². The van der Waals surface area contributed by atoms with Gasteiger partial charge in [0, 0.05) is 6.61 Å². The van der Waals surface area contributed by atoms with Crippen LogP contribution in [0.5, 0.6) is 0 Å². The second-order valence-electron chi connectivity index (χ2n) is 7.10. The van der Waals surface area contributed by atoms with Crippen LogP contribution in [0.4, 0.5) is 0 Å². The van der Waals surface area contributed by atoms with Crippen molar-refractivity contribution in [3.63, 3.8) is 0 Å². The monoisotopic (exact) mass is 436 g/mol. The Morgan fingerprint density at radius 1 is 0.714 bits per heavy atom. The first-order chi connectivity index (χ1) is 12.8. The van der Waals surface area contributed by atoms with Crippen LogP contribution in [0.1, 0.15) is 118 Å². The van der Waals surface area contributed by atoms with Crippen LogP contribution in [0.2, 0.25) is 0 Å². The molecule has 0 aliphatic carbocycles. The Morgan fingerprint density at radius 2 is 1.00 bits per heavy atom. The molecule has 0 radical (unpaired) electrons. The van der Waals surface area contributed by atoms with E-state index in [0.717, 1.165) is 12.8 Å². The number of aliphatic hydroxyl groups is 1. The summed E-state index contributed by atoms with van der Waals surface area (Å²) < 4.78 is 36.7. The molecule has 0 saturated carbocycles. The van der Waals surface area contributed by atoms with E-state index in [9.17, 15) is 5.11 Å². The number of aliphatic hydroxyl groups excluding tert-OH is 1. The standard InChI is InChI=1S/C20H42O2.Na.H2O4S.H/c1-3-5-6-7-8-9-10-11-12-13-14-15-16-17-18-19-20(21)22-4-2;;1-5(2,3)4;/h20-21H,3-19H2,1-2H3;;(H2,1,2,3,4);/q;+1;;-1. The van der Waals surface area contributed by atoms with Gasteiger partial charge >= 0.3 is 40.0 Å². The van der Waals surface area contributed by atoms with Crippen molar-refractivity contribution in [3.05, 3.63) is 0 Å². The van der Waals surface area contributed by atoms with E-state index in [-0.39, 0.29) is 31.0 Å². The summed E-state index contributed by atoms with van der Waals surface area (Å²) in [7, 11) is -4.67. The zero-order valence-electron chi connectivity index (χ0n) is 19.6. The first-order valence-corrected chi connectivity index (χ1v) is 12.2. The second kappa shape index (κ2) is 25.8. The molecule has 0 heterocycles. The summed E-state index contributed by atoms with van der Waals surface area (Å²) in [4.78, 5) is 0. The molecule has 0 bridgehead atoms. The number of rotatable bonds is 18. The van der Waals surface area contributed by atoms with E-state index in [1.165, 1.54) is 89.9 Å². The molecule has 1 unspecified atom stereocenters. The van der Waals surface area contributed by atoms with Crippen molar-refractivity contribution < 1.29 is 58.4 Å². The summed E-state index contributed by atoms with van der Waals surface area (Å²) in [6, 6.07) is 0. The fraction of sp³-hybridized carbons (Fsp3) is 1.00. The van der Waals surface area contributed by atoms with Crippen molar-refractivity contribution in [2.45, 2.75) is 123 Å². The first-order valence-electron chi connectivity index (χ1n) is 10.8. The minimum absolute atomic E-state index is 0. The molecule has 8 heteroatoms. The van der Waals surface area contributed by atoms with Crippen LogP contribution >= 0.6 is 0 Å². The molecule has 0 aliphatic rings. The van der Waals surface area contributed by atoms with Gasteiger partial charge in [-0.25, -0.2) is 0 Å². The number of ether oxygens (including phenoxy) is 1. The van der Waals surface area contributed by atoms with Crippen molar-refractivity contribution in [1.29, 1.82) is 0 Å². The predicted molar refractivity (Wildman–Crippen MR) is 112 cm³/mol. The zero-order chi connectivity index (χ0) is 20.8. The molecule has 6 nitrogen and oxygen atoms in total. The molecule has 0 rings (SSSR count). The normalized spacial score (nSPS) is 12.0. The van der Waals surface area contributed by atoms with E-state index in [4.69, 9.17) is 22.3 Å². The molecule has 168 valence electrons. The largest absolute Gasteiger partial charge is 1.00 e. The summed E-state index contributed by atoms with van der Waals surface area (Å²) in [5.41, 5.74) is 0. The van der Waals surface area contributed by atoms with Crippen LogP contribution in [0.15, 0.2) is 0 Å². The summed E-state index contributed by atoms with van der Waals surface area (Å²) in [6.45, 7) is 4.82. The molecule has 0 fully saturated rings. The Morgan fingerprint density at radius 3 is 1.29 bits per heavy atom. The molecule has 0 aromatic rings. The maximum absolute atomic E-state index is 9.43. The molecule has 28 heavy (non-hydrogen) atoms. The maximum atomic E-state index is 9.43. The third kappa shape index (κ3) is 41.2. The third-order valence-corrected chi connectivity index (χ3v) is 4.41. The molecule has 0 spiro atoms. The zero-order valence-corrected chi connectivity index (χ0v) is 21.4. The van der Waals surface area contributed by atoms with Crippen LogP contribution in [-0.4, -0.2) is 35.5 Å². The van der Waals surface area contributed by atoms with Gasteiger partial charge < -0.3 is 11.3 Å². The molecule has 0 amide bonds. The first kappa shape index (κ1) is 33.4. The van der Waals surface area contributed by atoms with Gasteiger partial charge in [-0.3, -0.25) is 9.11 Å². The molecule has 0 saturated heterocycles. The molecular formula is C20H45NaO6S. The molecule has 0 aromatic carbocycles. The van der Waals surface area contributed by atoms with Crippen LogP contribution in [0.25, 0.3) is 0 Å². The van der Waals surface area contributed by atoms with Gasteiger partial charge in [0.05, 0.1) is 0 Å². The fourth-order valence-electron chi connectivity index (χ4n) is 2.97. The SMILES string of the molecule is CCCCCCCCCCCCCCCCCC(O)OCC.O=S(=O)(O)O.[H-].[Na+]. The molecule has 1 atom stereocenters. The van der Waals surface area contributed by atoms with E-state index in [2.05, 4.69) is 6.92 Å². The van der Waals surface area contributed by atoms with Gasteiger partial charge in [-0.05, 0) is 19.8 Å². The Bertz CT molecular complexity index is 377. The van der Waals surface area contributed by atoms with Gasteiger partial charge in [0.1, 0.15) is 0 Å². The topological polar surface area (TPSA) is 104 Å². The van der Waals surface area contributed by atoms with Gasteiger partial charge in [0.2, 0.25) is 0 Å². The quantitative estimate of drug-likeness (QED) is 0.132. The number of hydrogen-bond acceptors (Lipinski definition) is 4. The van der Waals surface area contributed by atoms with E-state index < -0.39 is 16.7 Å². The van der Waals surface area contributed by atoms with Gasteiger partial charge in [-0.2, -0.15) is 8.42 Å². The molecule has 0 aliphatic heterocycles. The summed E-state index contributed by atoms with van der Waals surface area (Å²) >= 11 is 0. The summed E-state index contributed by atoms with van der Waals surface area (Å²) in [5.74, 6) is 0. The van der Waals surface area contributed by atoms with Gasteiger partial charge in [-0.1, -0.05) is 96.8 Å². The predicted octanol–water partition coefficient (Wildman–Crippen LogP) is 3.07. The third-order valence-electron chi connectivity index (χ3n) is 4.41. The maximum Gasteiger partial charge on any atom is 1.00 e. The number of hydrogen-bond donors (Lipinski definition) is 3. The smallest absolute Gasteiger partial charge is 1.00 e. The number of unbranched alkanes of at least 4 members (excludes halogenated alkanes) is 14. The van der Waals surface area contributed by atoms with Crippen molar-refractivity contribution in [2.24, 2.45) is 0 Å². The minimum Gasteiger partial charge on any atom is -1.00 e. The summed E-state index contributed by atoms with van der Waals surface area (Å²) in [5, 5.41) is 9.43. The van der Waals surface area contributed by atoms with Gasteiger partial charge in [0.15, 0.2) is 6.29 Å². The van der Waals surface area contributed by atoms with Gasteiger partial charge in [0.25, 0.3) is 0 Å². The van der Waals surface area contributed by atoms with E-state index in [1.807, 2.05) is 6.92 Å². The van der Waals surface area contributed by atoms with Crippen molar-refractivity contribution in [3.8, 4) is 0 Å². The Labute approximate surface area is 197 Å². The Hall–Kier alpha value is 0.790. The second-order valence-corrected chi connectivity index (χ2v) is 7.99. The van der Waals surface area contributed by atoms with Gasteiger partial charge in [-0.15, -0.1) is 0 Å². The van der Waals surface area contributed by atoms with Crippen LogP contribution in [0.3, 0.4) is 0 Å². The molecular weight excluding hydrogens is 391 g/mol. The fourth-order valence-corrected chi connectivity index (χ4v) is 2.97. The molecule has 3 N–H and O–H groups in total. The van der Waals surface area contributed by atoms with E-state index in [1.54, 1.807) is 0 Å². The van der Waals surface area contributed by atoms with E-state index in [0.29, 0.717) is 6.61 Å².